The summed E-state index contributed by atoms with van der Waals surface area (Å²) in [7, 11) is 0. The van der Waals surface area contributed by atoms with Gasteiger partial charge in [-0.2, -0.15) is 0 Å². The highest BCUT2D eigenvalue weighted by Gasteiger charge is 1.93. The van der Waals surface area contributed by atoms with E-state index in [1.54, 1.807) is 0 Å². The van der Waals surface area contributed by atoms with Crippen molar-refractivity contribution in [3.05, 3.63) is 25.3 Å². The van der Waals surface area contributed by atoms with Crippen LogP contribution in [0.15, 0.2) is 25.3 Å². The maximum Gasteiger partial charge on any atom is 0.0132 e. The van der Waals surface area contributed by atoms with E-state index in [4.69, 9.17) is 0 Å². The molecule has 0 fully saturated rings. The number of allylic oxidation sites excluding steroid dienone is 1. The first-order valence-corrected chi connectivity index (χ1v) is 4.25. The third-order valence-corrected chi connectivity index (χ3v) is 1.70. The molecule has 0 rings (SSSR count). The minimum absolute atomic E-state index is 0.653. The minimum atomic E-state index is 0.653. The lowest BCUT2D eigenvalue weighted by molar-refractivity contribution is 0.577. The molecule has 0 radical (unpaired) electrons. The quantitative estimate of drug-likeness (QED) is 0.437. The van der Waals surface area contributed by atoms with Crippen LogP contribution >= 0.6 is 0 Å². The van der Waals surface area contributed by atoms with Gasteiger partial charge < -0.3 is 5.32 Å². The summed E-state index contributed by atoms with van der Waals surface area (Å²) in [6.07, 6.45) is 6.35. The summed E-state index contributed by atoms with van der Waals surface area (Å²) < 4.78 is 0. The van der Waals surface area contributed by atoms with Gasteiger partial charge in [-0.15, -0.1) is 13.2 Å². The molecule has 0 heterocycles. The fourth-order valence-corrected chi connectivity index (χ4v) is 0.871. The topological polar surface area (TPSA) is 12.0 Å². The number of hydrogen-bond donors (Lipinski definition) is 1. The molecular formula is C10H19N. The van der Waals surface area contributed by atoms with Gasteiger partial charge in [-0.05, 0) is 25.3 Å². The molecule has 0 spiro atoms. The molecule has 64 valence electrons. The van der Waals surface area contributed by atoms with Crippen molar-refractivity contribution in [1.82, 2.24) is 5.32 Å². The van der Waals surface area contributed by atoms with Crippen molar-refractivity contribution < 1.29 is 0 Å². The predicted octanol–water partition coefficient (Wildman–Crippen LogP) is 2.36. The van der Waals surface area contributed by atoms with E-state index in [1.165, 1.54) is 12.8 Å². The molecule has 1 N–H and O–H groups in total. The Bertz CT molecular complexity index is 107. The Balaban J connectivity index is 3.01. The monoisotopic (exact) mass is 153 g/mol. The summed E-state index contributed by atoms with van der Waals surface area (Å²) in [4.78, 5) is 0. The average molecular weight is 153 g/mol. The largest absolute Gasteiger partial charge is 0.313 e. The van der Waals surface area contributed by atoms with Crippen LogP contribution in [0.25, 0.3) is 0 Å². The lowest BCUT2D eigenvalue weighted by Crippen LogP contribution is -2.15. The summed E-state index contributed by atoms with van der Waals surface area (Å²) in [5.74, 6) is 0.653. The molecule has 0 saturated heterocycles. The second-order valence-electron chi connectivity index (χ2n) is 2.85. The standard InChI is InChI=1S/C10H19N/c1-4-8-11-9-6-7-10(3)5-2/h4-5,10-11H,1-2,6-9H2,3H3. The highest BCUT2D eigenvalue weighted by molar-refractivity contribution is 4.75. The van der Waals surface area contributed by atoms with E-state index in [0.717, 1.165) is 13.1 Å². The van der Waals surface area contributed by atoms with Crippen LogP contribution in [0.1, 0.15) is 19.8 Å². The van der Waals surface area contributed by atoms with Crippen molar-refractivity contribution in [3.63, 3.8) is 0 Å². The van der Waals surface area contributed by atoms with Crippen LogP contribution < -0.4 is 5.32 Å². The van der Waals surface area contributed by atoms with Gasteiger partial charge in [0.25, 0.3) is 0 Å². The highest BCUT2D eigenvalue weighted by atomic mass is 14.8. The van der Waals surface area contributed by atoms with Crippen LogP contribution in [0.2, 0.25) is 0 Å². The Morgan fingerprint density at radius 3 is 2.73 bits per heavy atom. The zero-order valence-electron chi connectivity index (χ0n) is 7.47. The Morgan fingerprint density at radius 2 is 2.18 bits per heavy atom. The molecule has 0 saturated carbocycles. The Hall–Kier alpha value is -0.560. The van der Waals surface area contributed by atoms with Crippen molar-refractivity contribution in [1.29, 1.82) is 0 Å². The first-order valence-electron chi connectivity index (χ1n) is 4.25. The van der Waals surface area contributed by atoms with E-state index in [2.05, 4.69) is 25.4 Å². The summed E-state index contributed by atoms with van der Waals surface area (Å²) in [6.45, 7) is 11.6. The van der Waals surface area contributed by atoms with Crippen LogP contribution in [0.3, 0.4) is 0 Å². The smallest absolute Gasteiger partial charge is 0.0132 e. The molecular weight excluding hydrogens is 134 g/mol. The van der Waals surface area contributed by atoms with Gasteiger partial charge in [0.05, 0.1) is 0 Å². The molecule has 1 nitrogen and oxygen atoms in total. The molecule has 0 amide bonds. The molecule has 11 heavy (non-hydrogen) atoms. The van der Waals surface area contributed by atoms with Crippen molar-refractivity contribution in [2.24, 2.45) is 5.92 Å². The third-order valence-electron chi connectivity index (χ3n) is 1.70. The van der Waals surface area contributed by atoms with Crippen LogP contribution in [0.4, 0.5) is 0 Å². The zero-order valence-corrected chi connectivity index (χ0v) is 7.47. The molecule has 1 unspecified atom stereocenters. The summed E-state index contributed by atoms with van der Waals surface area (Å²) in [5.41, 5.74) is 0. The van der Waals surface area contributed by atoms with E-state index in [0.29, 0.717) is 5.92 Å². The van der Waals surface area contributed by atoms with E-state index in [1.807, 2.05) is 12.2 Å². The molecule has 0 aliphatic rings. The zero-order chi connectivity index (χ0) is 8.53. The lowest BCUT2D eigenvalue weighted by Gasteiger charge is -2.04. The fourth-order valence-electron chi connectivity index (χ4n) is 0.871. The molecule has 0 aliphatic heterocycles. The van der Waals surface area contributed by atoms with Crippen molar-refractivity contribution in [3.8, 4) is 0 Å². The van der Waals surface area contributed by atoms with Crippen LogP contribution in [0.5, 0.6) is 0 Å². The van der Waals surface area contributed by atoms with Gasteiger partial charge in [0.15, 0.2) is 0 Å². The van der Waals surface area contributed by atoms with Crippen molar-refractivity contribution in [2.75, 3.05) is 13.1 Å². The van der Waals surface area contributed by atoms with Gasteiger partial charge in [0, 0.05) is 6.54 Å². The third kappa shape index (κ3) is 7.34. The van der Waals surface area contributed by atoms with E-state index in [-0.39, 0.29) is 0 Å². The van der Waals surface area contributed by atoms with Gasteiger partial charge in [-0.3, -0.25) is 0 Å². The van der Waals surface area contributed by atoms with E-state index >= 15 is 0 Å². The maximum atomic E-state index is 3.74. The van der Waals surface area contributed by atoms with Crippen LogP contribution in [-0.4, -0.2) is 13.1 Å². The first-order chi connectivity index (χ1) is 5.31. The molecule has 0 aromatic rings. The highest BCUT2D eigenvalue weighted by Crippen LogP contribution is 2.04. The molecule has 0 bridgehead atoms. The van der Waals surface area contributed by atoms with Crippen LogP contribution in [-0.2, 0) is 0 Å². The van der Waals surface area contributed by atoms with Gasteiger partial charge in [-0.1, -0.05) is 19.1 Å². The first kappa shape index (κ1) is 10.4. The maximum absolute atomic E-state index is 3.74. The van der Waals surface area contributed by atoms with Crippen molar-refractivity contribution >= 4 is 0 Å². The van der Waals surface area contributed by atoms with Crippen molar-refractivity contribution in [2.45, 2.75) is 19.8 Å². The summed E-state index contributed by atoms with van der Waals surface area (Å²) in [5, 5.41) is 3.26. The molecule has 0 aliphatic carbocycles. The Labute approximate surface area is 70.2 Å². The number of nitrogens with one attached hydrogen (secondary N) is 1. The van der Waals surface area contributed by atoms with Gasteiger partial charge in [0.2, 0.25) is 0 Å². The molecule has 0 aromatic carbocycles. The number of rotatable bonds is 7. The second kappa shape index (κ2) is 7.55. The molecule has 1 heteroatoms. The van der Waals surface area contributed by atoms with Crippen LogP contribution in [0, 0.1) is 5.92 Å². The second-order valence-corrected chi connectivity index (χ2v) is 2.85. The molecule has 1 atom stereocenters. The predicted molar refractivity (Wildman–Crippen MR) is 51.7 cm³/mol. The normalized spacial score (nSPS) is 12.5. The SMILES string of the molecule is C=CCNCCCC(C)C=C. The fraction of sp³-hybridized carbons (Fsp3) is 0.600. The summed E-state index contributed by atoms with van der Waals surface area (Å²) in [6, 6.07) is 0. The van der Waals surface area contributed by atoms with E-state index in [9.17, 15) is 0 Å². The Morgan fingerprint density at radius 1 is 1.45 bits per heavy atom. The van der Waals surface area contributed by atoms with Gasteiger partial charge in [0.1, 0.15) is 0 Å². The van der Waals surface area contributed by atoms with Gasteiger partial charge in [-0.25, -0.2) is 0 Å². The summed E-state index contributed by atoms with van der Waals surface area (Å²) >= 11 is 0. The minimum Gasteiger partial charge on any atom is -0.313 e. The number of hydrogen-bond acceptors (Lipinski definition) is 1. The van der Waals surface area contributed by atoms with E-state index < -0.39 is 0 Å². The molecule has 0 aromatic heterocycles. The van der Waals surface area contributed by atoms with Gasteiger partial charge >= 0.3 is 0 Å². The lowest BCUT2D eigenvalue weighted by atomic mass is 10.1. The average Bonchev–Trinajstić information content (AvgIpc) is 2.04. The Kier molecular flexibility index (Phi) is 7.16.